The third-order valence-electron chi connectivity index (χ3n) is 5.93. The van der Waals surface area contributed by atoms with Crippen molar-refractivity contribution in [1.82, 2.24) is 19.5 Å². The quantitative estimate of drug-likeness (QED) is 0.436. The van der Waals surface area contributed by atoms with Gasteiger partial charge in [-0.15, -0.1) is 0 Å². The molecule has 4 aromatic rings. The van der Waals surface area contributed by atoms with Gasteiger partial charge in [-0.1, -0.05) is 24.3 Å². The molecule has 34 heavy (non-hydrogen) atoms. The van der Waals surface area contributed by atoms with Crippen LogP contribution in [0, 0.1) is 0 Å². The van der Waals surface area contributed by atoms with Gasteiger partial charge in [0.25, 0.3) is 0 Å². The number of allylic oxidation sites excluding steroid dienone is 1. The summed E-state index contributed by atoms with van der Waals surface area (Å²) in [5.74, 6) is 1.90. The van der Waals surface area contributed by atoms with Gasteiger partial charge in [-0.2, -0.15) is 0 Å². The second-order valence-corrected chi connectivity index (χ2v) is 8.11. The van der Waals surface area contributed by atoms with Crippen molar-refractivity contribution in [3.05, 3.63) is 83.2 Å². The van der Waals surface area contributed by atoms with E-state index in [0.29, 0.717) is 24.9 Å². The third kappa shape index (κ3) is 4.34. The number of aliphatic imine (C=N–C) groups is 1. The second kappa shape index (κ2) is 9.35. The number of pyridine rings is 2. The van der Waals surface area contributed by atoms with Gasteiger partial charge < -0.3 is 15.2 Å². The lowest BCUT2D eigenvalue weighted by atomic mass is 10.0. The van der Waals surface area contributed by atoms with Gasteiger partial charge >= 0.3 is 0 Å². The van der Waals surface area contributed by atoms with E-state index in [9.17, 15) is 0 Å². The first-order valence-electron chi connectivity index (χ1n) is 11.1. The zero-order chi connectivity index (χ0) is 23.5. The van der Waals surface area contributed by atoms with Crippen LogP contribution >= 0.6 is 0 Å². The van der Waals surface area contributed by atoms with Gasteiger partial charge in [-0.25, -0.2) is 15.0 Å². The Morgan fingerprint density at radius 3 is 2.59 bits per heavy atom. The van der Waals surface area contributed by atoms with Gasteiger partial charge in [0.05, 0.1) is 33.0 Å². The van der Waals surface area contributed by atoms with Crippen molar-refractivity contribution in [2.45, 2.75) is 19.4 Å². The molecule has 0 amide bonds. The molecule has 0 radical (unpaired) electrons. The molecule has 1 aliphatic rings. The van der Waals surface area contributed by atoms with E-state index < -0.39 is 0 Å². The van der Waals surface area contributed by atoms with Crippen LogP contribution in [0.1, 0.15) is 22.3 Å². The molecule has 172 valence electrons. The van der Waals surface area contributed by atoms with Crippen LogP contribution in [-0.4, -0.2) is 46.0 Å². The topological polar surface area (TPSA) is 100 Å². The summed E-state index contributed by atoms with van der Waals surface area (Å²) < 4.78 is 12.7. The van der Waals surface area contributed by atoms with Crippen molar-refractivity contribution in [2.75, 3.05) is 26.5 Å². The number of hydrogen-bond donors (Lipinski definition) is 1. The lowest BCUT2D eigenvalue weighted by Crippen LogP contribution is -2.06. The Morgan fingerprint density at radius 2 is 1.85 bits per heavy atom. The molecule has 0 atom stereocenters. The number of ether oxygens (including phenoxy) is 2. The number of nitrogens with zero attached hydrogens (tertiary/aromatic N) is 5. The molecular formula is C26H26N6O2. The van der Waals surface area contributed by atoms with Gasteiger partial charge in [0.2, 0.25) is 11.8 Å². The molecule has 0 unspecified atom stereocenters. The number of rotatable bonds is 8. The first-order chi connectivity index (χ1) is 16.6. The fourth-order valence-electron chi connectivity index (χ4n) is 4.11. The highest BCUT2D eigenvalue weighted by Gasteiger charge is 2.14. The number of nitrogen functional groups attached to an aromatic ring is 1. The van der Waals surface area contributed by atoms with Crippen molar-refractivity contribution in [3.8, 4) is 11.6 Å². The Bertz CT molecular complexity index is 1390. The van der Waals surface area contributed by atoms with E-state index >= 15 is 0 Å². The normalized spacial score (nSPS) is 12.8. The maximum Gasteiger partial charge on any atom is 0.212 e. The average Bonchev–Trinajstić information content (AvgIpc) is 3.51. The van der Waals surface area contributed by atoms with E-state index in [1.54, 1.807) is 14.2 Å². The number of fused-ring (bicyclic) bond motifs is 1. The molecule has 8 heteroatoms. The molecule has 2 N–H and O–H groups in total. The van der Waals surface area contributed by atoms with E-state index in [4.69, 9.17) is 15.2 Å². The van der Waals surface area contributed by atoms with E-state index in [1.165, 1.54) is 0 Å². The first kappa shape index (κ1) is 21.6. The van der Waals surface area contributed by atoms with Crippen molar-refractivity contribution < 1.29 is 9.47 Å². The Morgan fingerprint density at radius 1 is 0.971 bits per heavy atom. The molecule has 0 bridgehead atoms. The molecule has 0 saturated carbocycles. The van der Waals surface area contributed by atoms with Crippen LogP contribution in [0.4, 0.5) is 5.95 Å². The molecule has 5 rings (SSSR count). The number of nitrogens with two attached hydrogens (primary N) is 1. The molecule has 1 aromatic carbocycles. The lowest BCUT2D eigenvalue weighted by molar-refractivity contribution is 0.397. The summed E-state index contributed by atoms with van der Waals surface area (Å²) in [7, 11) is 3.31. The lowest BCUT2D eigenvalue weighted by Gasteiger charge is -2.12. The molecular weight excluding hydrogens is 428 g/mol. The molecule has 0 saturated heterocycles. The van der Waals surface area contributed by atoms with E-state index in [1.807, 2.05) is 47.3 Å². The average molecular weight is 455 g/mol. The Labute approximate surface area is 197 Å². The van der Waals surface area contributed by atoms with Crippen LogP contribution < -0.4 is 15.2 Å². The Kier molecular flexibility index (Phi) is 5.95. The molecule has 1 aliphatic heterocycles. The maximum atomic E-state index is 6.26. The summed E-state index contributed by atoms with van der Waals surface area (Å²) in [6, 6.07) is 12.2. The highest BCUT2D eigenvalue weighted by molar-refractivity contribution is 6.10. The number of hydrogen-bond acceptors (Lipinski definition) is 7. The zero-order valence-corrected chi connectivity index (χ0v) is 19.2. The summed E-state index contributed by atoms with van der Waals surface area (Å²) >= 11 is 0. The van der Waals surface area contributed by atoms with Crippen molar-refractivity contribution in [1.29, 1.82) is 0 Å². The predicted molar refractivity (Wildman–Crippen MR) is 133 cm³/mol. The molecule has 3 aromatic heterocycles. The second-order valence-electron chi connectivity index (χ2n) is 8.11. The molecule has 0 aliphatic carbocycles. The molecule has 8 nitrogen and oxygen atoms in total. The standard InChI is InChI=1S/C26H26N6O2/c1-33-23-12-18(6-9-19(23)8-5-17-7-10-24(34-2)29-14-17)16-32-25-22(31-26(32)27)13-20(15-30-25)21-4-3-11-28-21/h3-4,6-7,9-10,12-15H,5,8,11,16H2,1-2H3,(H2,27,31). The fourth-order valence-corrected chi connectivity index (χ4v) is 4.11. The molecule has 0 spiro atoms. The van der Waals surface area contributed by atoms with Gasteiger partial charge in [0.1, 0.15) is 11.3 Å². The number of aryl methyl sites for hydroxylation is 2. The highest BCUT2D eigenvalue weighted by atomic mass is 16.5. The maximum absolute atomic E-state index is 6.26. The van der Waals surface area contributed by atoms with Crippen LogP contribution in [0.3, 0.4) is 0 Å². The van der Waals surface area contributed by atoms with Crippen molar-refractivity contribution >= 4 is 22.8 Å². The number of methoxy groups -OCH3 is 2. The Balaban J connectivity index is 1.35. The number of anilines is 1. The smallest absolute Gasteiger partial charge is 0.212 e. The molecule has 0 fully saturated rings. The highest BCUT2D eigenvalue weighted by Crippen LogP contribution is 2.25. The minimum atomic E-state index is 0.429. The minimum absolute atomic E-state index is 0.429. The Hall–Kier alpha value is -4.20. The summed E-state index contributed by atoms with van der Waals surface area (Å²) in [5, 5.41) is 0. The molecule has 4 heterocycles. The van der Waals surface area contributed by atoms with Crippen LogP contribution in [0.15, 0.2) is 65.9 Å². The fraction of sp³-hybridized carbons (Fsp3) is 0.231. The van der Waals surface area contributed by atoms with E-state index in [2.05, 4.69) is 38.1 Å². The summed E-state index contributed by atoms with van der Waals surface area (Å²) in [6.07, 6.45) is 9.40. The van der Waals surface area contributed by atoms with Gasteiger partial charge in [-0.3, -0.25) is 9.56 Å². The van der Waals surface area contributed by atoms with Crippen LogP contribution in [0.25, 0.3) is 11.2 Å². The van der Waals surface area contributed by atoms with Gasteiger partial charge in [-0.05, 0) is 47.7 Å². The third-order valence-corrected chi connectivity index (χ3v) is 5.93. The van der Waals surface area contributed by atoms with Crippen molar-refractivity contribution in [3.63, 3.8) is 0 Å². The van der Waals surface area contributed by atoms with Crippen LogP contribution in [-0.2, 0) is 19.4 Å². The van der Waals surface area contributed by atoms with Gasteiger partial charge in [0.15, 0.2) is 5.65 Å². The van der Waals surface area contributed by atoms with Crippen LogP contribution in [0.5, 0.6) is 11.6 Å². The predicted octanol–water partition coefficient (Wildman–Crippen LogP) is 3.62. The van der Waals surface area contributed by atoms with Crippen molar-refractivity contribution in [2.24, 2.45) is 4.99 Å². The van der Waals surface area contributed by atoms with E-state index in [-0.39, 0.29) is 0 Å². The largest absolute Gasteiger partial charge is 0.496 e. The summed E-state index contributed by atoms with van der Waals surface area (Å²) in [6.45, 7) is 1.26. The SMILES string of the molecule is COc1ccc(CCc2ccc(Cn3c(N)nc4cc(C5=NCC=C5)cnc43)cc2OC)cn1. The monoisotopic (exact) mass is 454 g/mol. The van der Waals surface area contributed by atoms with Crippen LogP contribution in [0.2, 0.25) is 0 Å². The number of aromatic nitrogens is 4. The van der Waals surface area contributed by atoms with E-state index in [0.717, 1.165) is 57.7 Å². The number of imidazole rings is 1. The minimum Gasteiger partial charge on any atom is -0.496 e. The first-order valence-corrected chi connectivity index (χ1v) is 11.1. The van der Waals surface area contributed by atoms with Gasteiger partial charge in [0, 0.05) is 24.0 Å². The zero-order valence-electron chi connectivity index (χ0n) is 19.2. The summed E-state index contributed by atoms with van der Waals surface area (Å²) in [4.78, 5) is 17.9. The number of benzene rings is 1. The summed E-state index contributed by atoms with van der Waals surface area (Å²) in [5.41, 5.74) is 13.0.